The van der Waals surface area contributed by atoms with Crippen molar-refractivity contribution in [2.24, 2.45) is 0 Å². The van der Waals surface area contributed by atoms with E-state index < -0.39 is 36.5 Å². The summed E-state index contributed by atoms with van der Waals surface area (Å²) in [6.45, 7) is 7.59. The molecule has 7 nitrogen and oxygen atoms in total. The van der Waals surface area contributed by atoms with Crippen LogP contribution in [0.25, 0.3) is 17.2 Å². The van der Waals surface area contributed by atoms with Gasteiger partial charge in [0.2, 0.25) is 0 Å². The summed E-state index contributed by atoms with van der Waals surface area (Å²) >= 11 is 0. The highest BCUT2D eigenvalue weighted by Crippen LogP contribution is 2.44. The smallest absolute Gasteiger partial charge is 0.449 e. The number of rotatable bonds is 7. The summed E-state index contributed by atoms with van der Waals surface area (Å²) in [4.78, 5) is 12.9. The van der Waals surface area contributed by atoms with Crippen molar-refractivity contribution in [2.45, 2.75) is 51.2 Å². The van der Waals surface area contributed by atoms with E-state index in [-0.39, 0.29) is 24.8 Å². The van der Waals surface area contributed by atoms with Crippen molar-refractivity contribution >= 4 is 25.0 Å². The van der Waals surface area contributed by atoms with Crippen LogP contribution in [0.1, 0.15) is 50.3 Å². The summed E-state index contributed by atoms with van der Waals surface area (Å²) in [5, 5.41) is 2.75. The van der Waals surface area contributed by atoms with Crippen molar-refractivity contribution in [1.29, 1.82) is 0 Å². The molecular formula is C31H32BF3N2O5. The average Bonchev–Trinajstić information content (AvgIpc) is 3.35. The van der Waals surface area contributed by atoms with Gasteiger partial charge in [0.25, 0.3) is 0 Å². The predicted octanol–water partition coefficient (Wildman–Crippen LogP) is 6.72. The first-order valence-electron chi connectivity index (χ1n) is 13.5. The van der Waals surface area contributed by atoms with Gasteiger partial charge in [-0.1, -0.05) is 60.7 Å². The lowest BCUT2D eigenvalue weighted by atomic mass is 9.77. The zero-order valence-electron chi connectivity index (χ0n) is 23.7. The van der Waals surface area contributed by atoms with Crippen LogP contribution in [0.3, 0.4) is 0 Å². The topological polar surface area (TPSA) is 92.0 Å². The summed E-state index contributed by atoms with van der Waals surface area (Å²) in [6.07, 6.45) is -3.98. The molecule has 1 heterocycles. The first-order valence-corrected chi connectivity index (χ1v) is 13.5. The molecule has 0 spiro atoms. The normalized spacial score (nSPS) is 17.5. The van der Waals surface area contributed by atoms with E-state index in [2.05, 4.69) is 22.2 Å². The number of nitrogens with two attached hydrogens (primary N) is 1. The van der Waals surface area contributed by atoms with Gasteiger partial charge in [0.1, 0.15) is 6.61 Å². The molecule has 0 unspecified atom stereocenters. The number of halogens is 3. The SMILES string of the molecule is CC1(C)OB(C(=Cc2ccc(N)c(OC(F)(F)F)c2)CNC(=O)OCC2c3ccccc3-c3ccccc32)OC1(C)C. The Morgan fingerprint density at radius 1 is 0.976 bits per heavy atom. The molecule has 1 aliphatic heterocycles. The number of carbonyl (C=O) groups excluding carboxylic acids is 1. The number of ether oxygens (including phenoxy) is 2. The van der Waals surface area contributed by atoms with Crippen molar-refractivity contribution in [3.05, 3.63) is 88.9 Å². The van der Waals surface area contributed by atoms with E-state index >= 15 is 0 Å². The Morgan fingerprint density at radius 3 is 2.12 bits per heavy atom. The molecule has 0 radical (unpaired) electrons. The van der Waals surface area contributed by atoms with E-state index in [0.29, 0.717) is 11.0 Å². The largest absolute Gasteiger partial charge is 0.573 e. The summed E-state index contributed by atoms with van der Waals surface area (Å²) in [6, 6.07) is 20.1. The number of nitrogen functional groups attached to an aromatic ring is 1. The quantitative estimate of drug-likeness (QED) is 0.238. The Bertz CT molecular complexity index is 1460. The Balaban J connectivity index is 1.33. The van der Waals surface area contributed by atoms with Crippen molar-refractivity contribution in [3.8, 4) is 16.9 Å². The lowest BCUT2D eigenvalue weighted by Crippen LogP contribution is -2.41. The maximum atomic E-state index is 12.9. The van der Waals surface area contributed by atoms with Gasteiger partial charge in [-0.2, -0.15) is 0 Å². The van der Waals surface area contributed by atoms with Gasteiger partial charge in [-0.15, -0.1) is 13.2 Å². The van der Waals surface area contributed by atoms with Gasteiger partial charge in [0.05, 0.1) is 16.9 Å². The number of amides is 1. The number of carbonyl (C=O) groups is 1. The van der Waals surface area contributed by atoms with Gasteiger partial charge in [-0.25, -0.2) is 4.79 Å². The highest BCUT2D eigenvalue weighted by atomic mass is 19.4. The molecule has 0 saturated carbocycles. The van der Waals surface area contributed by atoms with E-state index in [1.807, 2.05) is 64.1 Å². The number of benzene rings is 3. The molecule has 1 aliphatic carbocycles. The van der Waals surface area contributed by atoms with Gasteiger partial charge >= 0.3 is 19.6 Å². The van der Waals surface area contributed by atoms with Crippen LogP contribution < -0.4 is 15.8 Å². The first-order chi connectivity index (χ1) is 19.7. The van der Waals surface area contributed by atoms with E-state index in [1.165, 1.54) is 18.2 Å². The predicted molar refractivity (Wildman–Crippen MR) is 155 cm³/mol. The molecule has 220 valence electrons. The van der Waals surface area contributed by atoms with Gasteiger partial charge in [0, 0.05) is 12.5 Å². The number of alkyl carbamates (subject to hydrolysis) is 1. The number of hydrogen-bond donors (Lipinski definition) is 2. The van der Waals surface area contributed by atoms with E-state index in [9.17, 15) is 18.0 Å². The maximum absolute atomic E-state index is 12.9. The molecule has 0 bridgehead atoms. The molecule has 1 saturated heterocycles. The Morgan fingerprint density at radius 2 is 1.55 bits per heavy atom. The van der Waals surface area contributed by atoms with Crippen LogP contribution in [-0.4, -0.2) is 43.9 Å². The van der Waals surface area contributed by atoms with E-state index in [0.717, 1.165) is 22.3 Å². The standard InChI is InChI=1S/C31H32BF3N2O5/c1-29(2)30(3,4)42-32(41-29)20(15-19-13-14-26(36)27(16-19)40-31(33,34)35)17-37-28(38)39-18-25-23-11-7-5-9-21(23)22-10-6-8-12-24(22)25/h5-16,25H,17-18,36H2,1-4H3,(H,37,38). The summed E-state index contributed by atoms with van der Waals surface area (Å²) in [7, 11) is -0.881. The fraction of sp³-hybridized carbons (Fsp3) is 0.323. The average molecular weight is 580 g/mol. The third-order valence-electron chi connectivity index (χ3n) is 7.95. The monoisotopic (exact) mass is 580 g/mol. The van der Waals surface area contributed by atoms with Crippen LogP contribution in [0, 0.1) is 0 Å². The highest BCUT2D eigenvalue weighted by Gasteiger charge is 2.52. The number of anilines is 1. The second-order valence-electron chi connectivity index (χ2n) is 11.3. The van der Waals surface area contributed by atoms with Gasteiger partial charge < -0.3 is 29.8 Å². The Hall–Kier alpha value is -3.96. The van der Waals surface area contributed by atoms with Crippen molar-refractivity contribution < 1.29 is 36.7 Å². The molecule has 3 N–H and O–H groups in total. The third kappa shape index (κ3) is 6.12. The number of fused-ring (bicyclic) bond motifs is 3. The van der Waals surface area contributed by atoms with Crippen LogP contribution >= 0.6 is 0 Å². The van der Waals surface area contributed by atoms with E-state index in [1.54, 1.807) is 6.08 Å². The number of hydrogen-bond acceptors (Lipinski definition) is 6. The Labute approximate surface area is 242 Å². The van der Waals surface area contributed by atoms with Crippen molar-refractivity contribution in [1.82, 2.24) is 5.32 Å². The minimum absolute atomic E-state index is 0.0483. The van der Waals surface area contributed by atoms with Crippen LogP contribution in [0.4, 0.5) is 23.7 Å². The molecule has 11 heteroatoms. The molecule has 5 rings (SSSR count). The zero-order chi connectivity index (χ0) is 30.3. The van der Waals surface area contributed by atoms with Crippen LogP contribution in [0.15, 0.2) is 72.2 Å². The van der Waals surface area contributed by atoms with Crippen LogP contribution in [0.2, 0.25) is 0 Å². The minimum Gasteiger partial charge on any atom is -0.449 e. The van der Waals surface area contributed by atoms with Gasteiger partial charge in [0.15, 0.2) is 5.75 Å². The molecule has 0 aromatic heterocycles. The third-order valence-corrected chi connectivity index (χ3v) is 7.95. The lowest BCUT2D eigenvalue weighted by Gasteiger charge is -2.32. The second-order valence-corrected chi connectivity index (χ2v) is 11.3. The molecule has 3 aromatic rings. The second kappa shape index (κ2) is 11.0. The fourth-order valence-corrected chi connectivity index (χ4v) is 5.09. The molecule has 1 fully saturated rings. The summed E-state index contributed by atoms with van der Waals surface area (Å²) in [5.74, 6) is -0.642. The first kappa shape index (κ1) is 29.5. The van der Waals surface area contributed by atoms with Crippen molar-refractivity contribution in [2.75, 3.05) is 18.9 Å². The molecule has 3 aromatic carbocycles. The molecule has 1 amide bonds. The number of nitrogens with one attached hydrogen (secondary N) is 1. The van der Waals surface area contributed by atoms with E-state index in [4.69, 9.17) is 19.8 Å². The summed E-state index contributed by atoms with van der Waals surface area (Å²) in [5.41, 5.74) is 9.37. The lowest BCUT2D eigenvalue weighted by molar-refractivity contribution is -0.274. The summed E-state index contributed by atoms with van der Waals surface area (Å²) < 4.78 is 60.7. The van der Waals surface area contributed by atoms with Crippen LogP contribution in [-0.2, 0) is 14.0 Å². The molecular weight excluding hydrogens is 548 g/mol. The minimum atomic E-state index is -4.91. The number of alkyl halides is 3. The van der Waals surface area contributed by atoms with Crippen molar-refractivity contribution in [3.63, 3.8) is 0 Å². The fourth-order valence-electron chi connectivity index (χ4n) is 5.09. The molecule has 42 heavy (non-hydrogen) atoms. The van der Waals surface area contributed by atoms with Gasteiger partial charge in [-0.05, 0) is 73.1 Å². The maximum Gasteiger partial charge on any atom is 0.573 e. The highest BCUT2D eigenvalue weighted by molar-refractivity contribution is 6.56. The molecule has 0 atom stereocenters. The molecule has 2 aliphatic rings. The van der Waals surface area contributed by atoms with Gasteiger partial charge in [-0.3, -0.25) is 0 Å². The zero-order valence-corrected chi connectivity index (χ0v) is 23.7. The Kier molecular flexibility index (Phi) is 7.76. The van der Waals surface area contributed by atoms with Crippen LogP contribution in [0.5, 0.6) is 5.75 Å².